The van der Waals surface area contributed by atoms with Gasteiger partial charge in [0.05, 0.1) is 12.1 Å². The average Bonchev–Trinajstić information content (AvgIpc) is 2.62. The topological polar surface area (TPSA) is 57.8 Å². The largest absolute Gasteiger partial charge is 0.343 e. The summed E-state index contributed by atoms with van der Waals surface area (Å²) >= 11 is 0. The minimum atomic E-state index is -0.0369. The van der Waals surface area contributed by atoms with Crippen molar-refractivity contribution in [3.8, 4) is 0 Å². The summed E-state index contributed by atoms with van der Waals surface area (Å²) in [5.74, 6) is 1.04. The summed E-state index contributed by atoms with van der Waals surface area (Å²) in [6.45, 7) is 0. The van der Waals surface area contributed by atoms with Gasteiger partial charge in [-0.3, -0.25) is 9.89 Å². The van der Waals surface area contributed by atoms with E-state index < -0.39 is 0 Å². The third-order valence-electron chi connectivity index (χ3n) is 2.67. The van der Waals surface area contributed by atoms with Gasteiger partial charge in [-0.25, -0.2) is 0 Å². The van der Waals surface area contributed by atoms with E-state index in [4.69, 9.17) is 0 Å². The summed E-state index contributed by atoms with van der Waals surface area (Å²) in [6, 6.07) is 0. The SMILES string of the molecule is O=C1C=CC=C2Nc3[nH]ncc3CC12. The van der Waals surface area contributed by atoms with Gasteiger partial charge in [0.15, 0.2) is 5.78 Å². The molecule has 3 rings (SSSR count). The van der Waals surface area contributed by atoms with Crippen LogP contribution in [0.3, 0.4) is 0 Å². The molecular formula is C10H9N3O. The Hall–Kier alpha value is -1.84. The first-order valence-corrected chi connectivity index (χ1v) is 4.56. The lowest BCUT2D eigenvalue weighted by atomic mass is 9.87. The number of H-pyrrole nitrogens is 1. The zero-order valence-corrected chi connectivity index (χ0v) is 7.45. The number of hydrogen-bond donors (Lipinski definition) is 2. The van der Waals surface area contributed by atoms with Gasteiger partial charge in [0.25, 0.3) is 0 Å². The van der Waals surface area contributed by atoms with Crippen LogP contribution in [0.25, 0.3) is 0 Å². The highest BCUT2D eigenvalue weighted by Crippen LogP contribution is 2.31. The van der Waals surface area contributed by atoms with Crippen LogP contribution >= 0.6 is 0 Å². The smallest absolute Gasteiger partial charge is 0.164 e. The molecule has 1 aliphatic carbocycles. The lowest BCUT2D eigenvalue weighted by Gasteiger charge is -2.25. The lowest BCUT2D eigenvalue weighted by molar-refractivity contribution is -0.117. The van der Waals surface area contributed by atoms with E-state index in [1.54, 1.807) is 18.3 Å². The van der Waals surface area contributed by atoms with E-state index in [9.17, 15) is 4.79 Å². The van der Waals surface area contributed by atoms with Gasteiger partial charge in [-0.05, 0) is 18.6 Å². The molecular weight excluding hydrogens is 178 g/mol. The van der Waals surface area contributed by atoms with Crippen LogP contribution in [-0.2, 0) is 11.2 Å². The van der Waals surface area contributed by atoms with Crippen molar-refractivity contribution >= 4 is 11.6 Å². The normalized spacial score (nSPS) is 23.6. The monoisotopic (exact) mass is 187 g/mol. The minimum absolute atomic E-state index is 0.0369. The molecule has 1 aliphatic heterocycles. The average molecular weight is 187 g/mol. The highest BCUT2D eigenvalue weighted by molar-refractivity contribution is 5.96. The maximum atomic E-state index is 11.6. The number of carbonyl (C=O) groups excluding carboxylic acids is 1. The number of ketones is 1. The van der Waals surface area contributed by atoms with E-state index >= 15 is 0 Å². The highest BCUT2D eigenvalue weighted by atomic mass is 16.1. The fraction of sp³-hybridized carbons (Fsp3) is 0.200. The predicted molar refractivity (Wildman–Crippen MR) is 51.6 cm³/mol. The number of aromatic amines is 1. The van der Waals surface area contributed by atoms with Crippen LogP contribution in [0.15, 0.2) is 30.1 Å². The van der Waals surface area contributed by atoms with Crippen molar-refractivity contribution in [2.45, 2.75) is 6.42 Å². The van der Waals surface area contributed by atoms with Crippen LogP contribution in [0, 0.1) is 5.92 Å². The van der Waals surface area contributed by atoms with Crippen molar-refractivity contribution in [2.24, 2.45) is 5.92 Å². The Kier molecular flexibility index (Phi) is 1.39. The van der Waals surface area contributed by atoms with E-state index in [0.29, 0.717) is 0 Å². The van der Waals surface area contributed by atoms with Crippen LogP contribution < -0.4 is 5.32 Å². The predicted octanol–water partition coefficient (Wildman–Crippen LogP) is 1.02. The molecule has 14 heavy (non-hydrogen) atoms. The van der Waals surface area contributed by atoms with Crippen molar-refractivity contribution in [1.82, 2.24) is 10.2 Å². The highest BCUT2D eigenvalue weighted by Gasteiger charge is 2.29. The number of aromatic nitrogens is 2. The maximum Gasteiger partial charge on any atom is 0.164 e. The fourth-order valence-electron chi connectivity index (χ4n) is 1.91. The molecule has 0 aromatic carbocycles. The van der Waals surface area contributed by atoms with E-state index in [1.165, 1.54) is 0 Å². The van der Waals surface area contributed by atoms with Gasteiger partial charge >= 0.3 is 0 Å². The van der Waals surface area contributed by atoms with Crippen LogP contribution in [-0.4, -0.2) is 16.0 Å². The molecule has 70 valence electrons. The molecule has 2 aliphatic rings. The number of anilines is 1. The molecule has 1 atom stereocenters. The van der Waals surface area contributed by atoms with E-state index in [1.807, 2.05) is 6.08 Å². The second kappa shape index (κ2) is 2.57. The Balaban J connectivity index is 2.06. The van der Waals surface area contributed by atoms with Crippen molar-refractivity contribution < 1.29 is 4.79 Å². The Morgan fingerprint density at radius 3 is 3.36 bits per heavy atom. The molecule has 2 heterocycles. The van der Waals surface area contributed by atoms with E-state index in [-0.39, 0.29) is 11.7 Å². The van der Waals surface area contributed by atoms with E-state index in [2.05, 4.69) is 15.5 Å². The number of nitrogens with zero attached hydrogens (tertiary/aromatic N) is 1. The molecule has 4 heteroatoms. The van der Waals surface area contributed by atoms with Gasteiger partial charge in [-0.1, -0.05) is 6.08 Å². The summed E-state index contributed by atoms with van der Waals surface area (Å²) in [5, 5.41) is 9.99. The molecule has 1 aromatic rings. The van der Waals surface area contributed by atoms with Gasteiger partial charge in [-0.15, -0.1) is 0 Å². The number of fused-ring (bicyclic) bond motifs is 2. The first kappa shape index (κ1) is 7.55. The van der Waals surface area contributed by atoms with E-state index in [0.717, 1.165) is 23.5 Å². The first-order valence-electron chi connectivity index (χ1n) is 4.56. The Labute approximate surface area is 80.7 Å². The zero-order chi connectivity index (χ0) is 9.54. The third-order valence-corrected chi connectivity index (χ3v) is 2.67. The van der Waals surface area contributed by atoms with Crippen LogP contribution in [0.2, 0.25) is 0 Å². The standard InChI is InChI=1S/C10H9N3O/c14-9-3-1-2-8-7(9)4-6-5-11-13-10(6)12-8/h1-3,5,7H,4H2,(H2,11,12,13). The third kappa shape index (κ3) is 0.937. The van der Waals surface area contributed by atoms with Crippen molar-refractivity contribution in [2.75, 3.05) is 5.32 Å². The van der Waals surface area contributed by atoms with Gasteiger partial charge in [0, 0.05) is 11.3 Å². The maximum absolute atomic E-state index is 11.6. The second-order valence-electron chi connectivity index (χ2n) is 3.54. The quantitative estimate of drug-likeness (QED) is 0.637. The van der Waals surface area contributed by atoms with Gasteiger partial charge in [0.1, 0.15) is 5.82 Å². The Bertz CT molecular complexity index is 456. The molecule has 2 N–H and O–H groups in total. The second-order valence-corrected chi connectivity index (χ2v) is 3.54. The molecule has 4 nitrogen and oxygen atoms in total. The summed E-state index contributed by atoms with van der Waals surface area (Å²) in [6.07, 6.45) is 7.86. The van der Waals surface area contributed by atoms with Gasteiger partial charge in [-0.2, -0.15) is 5.10 Å². The Morgan fingerprint density at radius 1 is 1.50 bits per heavy atom. The molecule has 0 saturated carbocycles. The number of allylic oxidation sites excluding steroid dienone is 4. The molecule has 0 spiro atoms. The molecule has 0 bridgehead atoms. The van der Waals surface area contributed by atoms with Crippen LogP contribution in [0.1, 0.15) is 5.56 Å². The lowest BCUT2D eigenvalue weighted by Crippen LogP contribution is -2.28. The van der Waals surface area contributed by atoms with Crippen molar-refractivity contribution in [3.05, 3.63) is 35.7 Å². The molecule has 0 radical (unpaired) electrons. The Morgan fingerprint density at radius 2 is 2.43 bits per heavy atom. The minimum Gasteiger partial charge on any atom is -0.343 e. The van der Waals surface area contributed by atoms with Crippen molar-refractivity contribution in [3.63, 3.8) is 0 Å². The van der Waals surface area contributed by atoms with Gasteiger partial charge in [0.2, 0.25) is 0 Å². The molecule has 0 amide bonds. The molecule has 0 fully saturated rings. The number of carbonyl (C=O) groups is 1. The zero-order valence-electron chi connectivity index (χ0n) is 7.45. The summed E-state index contributed by atoms with van der Waals surface area (Å²) in [7, 11) is 0. The summed E-state index contributed by atoms with van der Waals surface area (Å²) in [5.41, 5.74) is 2.05. The van der Waals surface area contributed by atoms with Crippen LogP contribution in [0.5, 0.6) is 0 Å². The summed E-state index contributed by atoms with van der Waals surface area (Å²) in [4.78, 5) is 11.6. The molecule has 1 unspecified atom stereocenters. The molecule has 1 aromatic heterocycles. The number of nitrogens with one attached hydrogen (secondary N) is 2. The van der Waals surface area contributed by atoms with Crippen molar-refractivity contribution in [1.29, 1.82) is 0 Å². The van der Waals surface area contributed by atoms with Gasteiger partial charge < -0.3 is 5.32 Å². The number of hydrogen-bond acceptors (Lipinski definition) is 3. The first-order chi connectivity index (χ1) is 6.84. The molecule has 0 saturated heterocycles. The fourth-order valence-corrected chi connectivity index (χ4v) is 1.91. The number of rotatable bonds is 0. The van der Waals surface area contributed by atoms with Crippen LogP contribution in [0.4, 0.5) is 5.82 Å². The summed E-state index contributed by atoms with van der Waals surface area (Å²) < 4.78 is 0.